The molecule has 0 saturated heterocycles. The van der Waals surface area contributed by atoms with Crippen molar-refractivity contribution in [3.63, 3.8) is 0 Å². The molecule has 1 aliphatic carbocycles. The van der Waals surface area contributed by atoms with E-state index in [0.717, 1.165) is 0 Å². The van der Waals surface area contributed by atoms with E-state index in [2.05, 4.69) is 27.7 Å². The zero-order valence-electron chi connectivity index (χ0n) is 14.4. The normalized spacial score (nSPS) is 35.4. The summed E-state index contributed by atoms with van der Waals surface area (Å²) in [4.78, 5) is 0. The minimum Gasteiger partial charge on any atom is -0.0883 e. The van der Waals surface area contributed by atoms with Crippen molar-refractivity contribution in [3.05, 3.63) is 0 Å². The molecule has 1 fully saturated rings. The lowest BCUT2D eigenvalue weighted by atomic mass is 8.95. The van der Waals surface area contributed by atoms with Crippen molar-refractivity contribution in [1.29, 1.82) is 0 Å². The highest BCUT2D eigenvalue weighted by Gasteiger charge is 2.50. The first-order chi connectivity index (χ1) is 10.2. The second kappa shape index (κ2) is 8.66. The molecule has 0 amide bonds. The van der Waals surface area contributed by atoms with Gasteiger partial charge in [-0.3, -0.25) is 0 Å². The van der Waals surface area contributed by atoms with Crippen LogP contribution >= 0.6 is 0 Å². The predicted molar refractivity (Wildman–Crippen MR) is 109 cm³/mol. The maximum atomic E-state index is 6.65. The highest BCUT2D eigenvalue weighted by molar-refractivity contribution is 7.47. The zero-order valence-corrected chi connectivity index (χ0v) is 14.4. The second-order valence-electron chi connectivity index (χ2n) is 7.49. The molecule has 1 aliphatic rings. The average molecular weight is 272 g/mol. The number of rotatable bonds is 6. The Labute approximate surface area is 148 Å². The zero-order chi connectivity index (χ0) is 17.2. The van der Waals surface area contributed by atoms with Gasteiger partial charge in [-0.1, -0.05) is 51.0 Å². The van der Waals surface area contributed by atoms with E-state index in [1.807, 2.05) is 0 Å². The second-order valence-corrected chi connectivity index (χ2v) is 7.49. The van der Waals surface area contributed by atoms with E-state index >= 15 is 0 Å². The van der Waals surface area contributed by atoms with Crippen LogP contribution in [0.2, 0.25) is 23.3 Å². The molecule has 1 saturated carbocycles. The molecule has 0 nitrogen and oxygen atoms in total. The summed E-state index contributed by atoms with van der Waals surface area (Å²) in [6.07, 6.45) is 0. The number of hydrogen-bond acceptors (Lipinski definition) is 0. The summed E-state index contributed by atoms with van der Waals surface area (Å²) in [6, 6.07) is 0. The Morgan fingerprint density at radius 2 is 1.36 bits per heavy atom. The fourth-order valence-corrected chi connectivity index (χ4v) is 4.73. The molecule has 14 radical (unpaired) electrons. The van der Waals surface area contributed by atoms with E-state index in [1.165, 1.54) is 7.06 Å². The van der Waals surface area contributed by atoms with Crippen molar-refractivity contribution < 1.29 is 0 Å². The van der Waals surface area contributed by atoms with Gasteiger partial charge in [0.25, 0.3) is 0 Å². The van der Waals surface area contributed by atoms with Crippen LogP contribution in [-0.4, -0.2) is 73.8 Å². The summed E-state index contributed by atoms with van der Waals surface area (Å²) in [5.74, 6) is 1.23. The Balaban J connectivity index is 3.37. The van der Waals surface area contributed by atoms with Crippen LogP contribution in [0.5, 0.6) is 0 Å². The van der Waals surface area contributed by atoms with Gasteiger partial charge < -0.3 is 0 Å². The summed E-state index contributed by atoms with van der Waals surface area (Å²) in [6.45, 7) is 7.88. The van der Waals surface area contributed by atoms with Gasteiger partial charge in [-0.05, 0) is 23.7 Å². The maximum Gasteiger partial charge on any atom is 0.0706 e. The molecule has 0 aromatic carbocycles. The van der Waals surface area contributed by atoms with E-state index < -0.39 is 6.49 Å². The first-order valence-corrected chi connectivity index (χ1v) is 8.31. The molecule has 0 spiro atoms. The molecule has 1 rings (SSSR count). The third-order valence-electron chi connectivity index (χ3n) is 5.54. The Kier molecular flexibility index (Phi) is 8.15. The van der Waals surface area contributed by atoms with Crippen LogP contribution in [0.4, 0.5) is 0 Å². The van der Waals surface area contributed by atoms with Crippen LogP contribution in [0.25, 0.3) is 0 Å². The molecule has 0 aromatic heterocycles. The van der Waals surface area contributed by atoms with Crippen LogP contribution in [0.3, 0.4) is 0 Å². The van der Waals surface area contributed by atoms with Crippen LogP contribution in [0, 0.1) is 23.7 Å². The Hall–Kier alpha value is 0.649. The quantitative estimate of drug-likeness (QED) is 0.601. The van der Waals surface area contributed by atoms with E-state index in [-0.39, 0.29) is 41.6 Å². The summed E-state index contributed by atoms with van der Waals surface area (Å²) in [5.41, 5.74) is 0. The molecule has 0 heterocycles. The van der Waals surface area contributed by atoms with Gasteiger partial charge in [0, 0.05) is 58.7 Å². The van der Waals surface area contributed by atoms with Gasteiger partial charge in [0.15, 0.2) is 0 Å². The minimum absolute atomic E-state index is 0.00868. The van der Waals surface area contributed by atoms with Crippen molar-refractivity contribution in [2.45, 2.75) is 51.0 Å². The van der Waals surface area contributed by atoms with Gasteiger partial charge in [-0.25, -0.2) is 0 Å². The van der Waals surface area contributed by atoms with Gasteiger partial charge in [0.1, 0.15) is 0 Å². The third-order valence-corrected chi connectivity index (χ3v) is 5.54. The maximum absolute atomic E-state index is 6.65. The van der Waals surface area contributed by atoms with E-state index in [0.29, 0.717) is 11.8 Å². The Bertz CT molecular complexity index is 336. The lowest BCUT2D eigenvalue weighted by Gasteiger charge is -2.58. The lowest BCUT2D eigenvalue weighted by Crippen LogP contribution is -2.52. The molecule has 0 N–H and O–H groups in total. The molecular weight excluding hydrogens is 252 g/mol. The van der Waals surface area contributed by atoms with Crippen LogP contribution in [0.15, 0.2) is 0 Å². The van der Waals surface area contributed by atoms with Crippen molar-refractivity contribution >= 4 is 73.8 Å². The highest BCUT2D eigenvalue weighted by atomic mass is 14.4. The first-order valence-electron chi connectivity index (χ1n) is 8.31. The Morgan fingerprint density at radius 1 is 0.864 bits per heavy atom. The van der Waals surface area contributed by atoms with Gasteiger partial charge in [0.05, 0.1) is 15.0 Å². The van der Waals surface area contributed by atoms with Crippen molar-refractivity contribution in [1.82, 2.24) is 0 Å². The highest BCUT2D eigenvalue weighted by Crippen LogP contribution is 2.61. The smallest absolute Gasteiger partial charge is 0.0706 e. The SMILES string of the molecule is [B][B]B([B])C1C([B][B])C(C(C)C)C([B])C(C(C)C)C1B([B])[B]. The topological polar surface area (TPSA) is 0 Å². The predicted octanol–water partition coefficient (Wildman–Crippen LogP) is 0.0876. The van der Waals surface area contributed by atoms with E-state index in [1.54, 1.807) is 7.17 Å². The van der Waals surface area contributed by atoms with Gasteiger partial charge >= 0.3 is 0 Å². The van der Waals surface area contributed by atoms with E-state index in [9.17, 15) is 0 Å². The summed E-state index contributed by atoms with van der Waals surface area (Å²) in [5, 5.41) is 0. The molecular formula is C12H20B10. The number of hydrogen-bond donors (Lipinski definition) is 0. The van der Waals surface area contributed by atoms with Gasteiger partial charge in [-0.15, -0.1) is 0 Å². The largest absolute Gasteiger partial charge is 0.0883 e. The van der Waals surface area contributed by atoms with Gasteiger partial charge in [0.2, 0.25) is 0 Å². The van der Waals surface area contributed by atoms with Crippen molar-refractivity contribution in [2.75, 3.05) is 0 Å². The molecule has 0 bridgehead atoms. The van der Waals surface area contributed by atoms with Crippen LogP contribution in [0.1, 0.15) is 27.7 Å². The van der Waals surface area contributed by atoms with Crippen LogP contribution < -0.4 is 0 Å². The first kappa shape index (κ1) is 20.7. The molecule has 98 valence electrons. The molecule has 22 heavy (non-hydrogen) atoms. The fourth-order valence-electron chi connectivity index (χ4n) is 4.73. The van der Waals surface area contributed by atoms with Gasteiger partial charge in [-0.2, -0.15) is 0 Å². The summed E-state index contributed by atoms with van der Waals surface area (Å²) < 4.78 is 0. The standard InChI is InChI=1S/C12H20B10/c1-5(2)7-9(13)8(6(3)4)11(21(16)17)12(10(7)19-14)22(18)20-15/h5-12H,1-4H3. The van der Waals surface area contributed by atoms with Crippen molar-refractivity contribution in [2.24, 2.45) is 23.7 Å². The van der Waals surface area contributed by atoms with E-state index in [4.69, 9.17) is 46.5 Å². The average Bonchev–Trinajstić information content (AvgIpc) is 2.43. The monoisotopic (exact) mass is 274 g/mol. The molecule has 0 aromatic rings. The van der Waals surface area contributed by atoms with Crippen LogP contribution in [-0.2, 0) is 0 Å². The third kappa shape index (κ3) is 4.00. The lowest BCUT2D eigenvalue weighted by molar-refractivity contribution is 0.179. The fraction of sp³-hybridized carbons (Fsp3) is 1.00. The molecule has 6 unspecified atom stereocenters. The molecule has 0 aliphatic heterocycles. The molecule has 10 heteroatoms. The summed E-state index contributed by atoms with van der Waals surface area (Å²) >= 11 is 0. The summed E-state index contributed by atoms with van der Waals surface area (Å²) in [7, 11) is 40.2. The van der Waals surface area contributed by atoms with Crippen molar-refractivity contribution in [3.8, 4) is 0 Å². The molecule has 6 atom stereocenters. The Morgan fingerprint density at radius 3 is 1.68 bits per heavy atom. The minimum atomic E-state index is -0.495.